The number of para-hydroxylation sites is 1. The number of hydrogen-bond acceptors (Lipinski definition) is 5. The molecule has 0 radical (unpaired) electrons. The first-order chi connectivity index (χ1) is 13.3. The van der Waals surface area contributed by atoms with Crippen LogP contribution < -0.4 is 4.74 Å². The summed E-state index contributed by atoms with van der Waals surface area (Å²) in [6.45, 7) is 4.96. The van der Waals surface area contributed by atoms with Gasteiger partial charge >= 0.3 is 5.97 Å². The van der Waals surface area contributed by atoms with Crippen LogP contribution in [0.3, 0.4) is 0 Å². The van der Waals surface area contributed by atoms with Gasteiger partial charge in [-0.3, -0.25) is 4.79 Å². The van der Waals surface area contributed by atoms with E-state index in [-0.39, 0.29) is 5.97 Å². The first kappa shape index (κ1) is 17.7. The van der Waals surface area contributed by atoms with Crippen molar-refractivity contribution in [1.29, 1.82) is 0 Å². The Morgan fingerprint density at radius 2 is 1.93 bits per heavy atom. The second-order valence-corrected chi connectivity index (χ2v) is 6.83. The molecule has 1 aromatic heterocycles. The van der Waals surface area contributed by atoms with Gasteiger partial charge in [0.05, 0.1) is 13.0 Å². The Labute approximate surface area is 159 Å². The Hall–Kier alpha value is -2.66. The van der Waals surface area contributed by atoms with E-state index in [1.54, 1.807) is 6.20 Å². The van der Waals surface area contributed by atoms with Gasteiger partial charge in [0.15, 0.2) is 0 Å². The highest BCUT2D eigenvalue weighted by molar-refractivity contribution is 5.89. The molecule has 1 aromatic carbocycles. The number of carbonyl (C=O) groups is 1. The molecule has 0 amide bonds. The topological polar surface area (TPSA) is 51.7 Å². The number of likely N-dealkylation sites (tertiary alicyclic amines) is 1. The number of ether oxygens (including phenoxy) is 2. The maximum Gasteiger partial charge on any atom is 0.307 e. The average molecular weight is 364 g/mol. The first-order valence-electron chi connectivity index (χ1n) is 9.59. The monoisotopic (exact) mass is 364 g/mol. The molecular weight excluding hydrogens is 340 g/mol. The van der Waals surface area contributed by atoms with Gasteiger partial charge in [0.1, 0.15) is 5.75 Å². The fourth-order valence-electron chi connectivity index (χ4n) is 3.83. The van der Waals surface area contributed by atoms with Gasteiger partial charge in [-0.05, 0) is 43.5 Å². The standard InChI is InChI=1S/C22H24N2O3/c1-2-26-20(25)11-15-24-13-9-16(10-14-24)21-17-6-3-4-8-19(17)27-22-18(21)7-5-12-23-22/h3-8,12H,2,9-11,13-15H2,1H3. The minimum atomic E-state index is -0.111. The summed E-state index contributed by atoms with van der Waals surface area (Å²) < 4.78 is 11.0. The number of piperidine rings is 1. The Bertz CT molecular complexity index is 818. The van der Waals surface area contributed by atoms with Crippen molar-refractivity contribution >= 4 is 11.5 Å². The van der Waals surface area contributed by atoms with Crippen molar-refractivity contribution in [2.75, 3.05) is 26.2 Å². The molecule has 0 spiro atoms. The van der Waals surface area contributed by atoms with Crippen molar-refractivity contribution in [3.63, 3.8) is 0 Å². The number of benzene rings is 1. The second-order valence-electron chi connectivity index (χ2n) is 6.83. The summed E-state index contributed by atoms with van der Waals surface area (Å²) in [5.41, 5.74) is 4.93. The van der Waals surface area contributed by atoms with Crippen molar-refractivity contribution in [3.8, 4) is 11.6 Å². The molecular formula is C22H24N2O3. The molecule has 0 bridgehead atoms. The minimum Gasteiger partial charge on any atom is -0.466 e. The van der Waals surface area contributed by atoms with Crippen molar-refractivity contribution in [3.05, 3.63) is 59.3 Å². The fraction of sp³-hybridized carbons (Fsp3) is 0.364. The van der Waals surface area contributed by atoms with Gasteiger partial charge in [0.2, 0.25) is 5.88 Å². The normalized spacial score (nSPS) is 16.3. The maximum absolute atomic E-state index is 11.6. The van der Waals surface area contributed by atoms with Gasteiger partial charge in [0, 0.05) is 37.0 Å². The average Bonchev–Trinajstić information content (AvgIpc) is 2.71. The smallest absolute Gasteiger partial charge is 0.307 e. The third-order valence-corrected chi connectivity index (χ3v) is 5.15. The van der Waals surface area contributed by atoms with Crippen LogP contribution in [0.1, 0.15) is 37.3 Å². The van der Waals surface area contributed by atoms with Crippen LogP contribution in [0.15, 0.2) is 48.2 Å². The van der Waals surface area contributed by atoms with E-state index in [1.165, 1.54) is 11.1 Å². The summed E-state index contributed by atoms with van der Waals surface area (Å²) in [4.78, 5) is 18.4. The number of nitrogens with zero attached hydrogens (tertiary/aromatic N) is 2. The molecule has 5 heteroatoms. The SMILES string of the molecule is CCOC(=O)CCN1CCC(=C2c3ccccc3Oc3ncccc32)CC1. The van der Waals surface area contributed by atoms with E-state index in [0.29, 0.717) is 18.9 Å². The lowest BCUT2D eigenvalue weighted by atomic mass is 9.87. The summed E-state index contributed by atoms with van der Waals surface area (Å²) in [5.74, 6) is 1.44. The highest BCUT2D eigenvalue weighted by Crippen LogP contribution is 2.45. The molecule has 140 valence electrons. The number of esters is 1. The molecule has 27 heavy (non-hydrogen) atoms. The Morgan fingerprint density at radius 3 is 2.74 bits per heavy atom. The second kappa shape index (κ2) is 7.92. The molecule has 2 aromatic rings. The maximum atomic E-state index is 11.6. The Kier molecular flexibility index (Phi) is 5.21. The summed E-state index contributed by atoms with van der Waals surface area (Å²) in [7, 11) is 0. The van der Waals surface area contributed by atoms with Crippen molar-refractivity contribution < 1.29 is 14.3 Å². The van der Waals surface area contributed by atoms with Gasteiger partial charge in [-0.15, -0.1) is 0 Å². The van der Waals surface area contributed by atoms with E-state index in [4.69, 9.17) is 9.47 Å². The predicted molar refractivity (Wildman–Crippen MR) is 104 cm³/mol. The van der Waals surface area contributed by atoms with Crippen LogP contribution in [-0.4, -0.2) is 42.1 Å². The largest absolute Gasteiger partial charge is 0.466 e. The van der Waals surface area contributed by atoms with E-state index < -0.39 is 0 Å². The molecule has 0 N–H and O–H groups in total. The Morgan fingerprint density at radius 1 is 1.15 bits per heavy atom. The minimum absolute atomic E-state index is 0.111. The molecule has 3 heterocycles. The number of aromatic nitrogens is 1. The van der Waals surface area contributed by atoms with E-state index in [2.05, 4.69) is 28.1 Å². The van der Waals surface area contributed by atoms with Crippen LogP contribution in [0.4, 0.5) is 0 Å². The number of pyridine rings is 1. The summed E-state index contributed by atoms with van der Waals surface area (Å²) in [5, 5.41) is 0. The first-order valence-corrected chi connectivity index (χ1v) is 9.59. The molecule has 0 atom stereocenters. The highest BCUT2D eigenvalue weighted by Gasteiger charge is 2.27. The zero-order valence-electron chi connectivity index (χ0n) is 15.6. The molecule has 0 aliphatic carbocycles. The molecule has 0 saturated carbocycles. The molecule has 2 aliphatic rings. The van der Waals surface area contributed by atoms with E-state index in [0.717, 1.165) is 49.4 Å². The molecule has 0 unspecified atom stereocenters. The zero-order valence-corrected chi connectivity index (χ0v) is 15.6. The van der Waals surface area contributed by atoms with Crippen LogP contribution in [0.5, 0.6) is 11.6 Å². The van der Waals surface area contributed by atoms with Crippen molar-refractivity contribution in [1.82, 2.24) is 9.88 Å². The van der Waals surface area contributed by atoms with Crippen LogP contribution in [0.2, 0.25) is 0 Å². The molecule has 1 saturated heterocycles. The summed E-state index contributed by atoms with van der Waals surface area (Å²) in [6.07, 6.45) is 4.21. The number of carbonyl (C=O) groups excluding carboxylic acids is 1. The molecule has 5 nitrogen and oxygen atoms in total. The van der Waals surface area contributed by atoms with Gasteiger partial charge < -0.3 is 14.4 Å². The van der Waals surface area contributed by atoms with Gasteiger partial charge in [0.25, 0.3) is 0 Å². The predicted octanol–water partition coefficient (Wildman–Crippen LogP) is 4.04. The fourth-order valence-corrected chi connectivity index (χ4v) is 3.83. The van der Waals surface area contributed by atoms with E-state index >= 15 is 0 Å². The summed E-state index contributed by atoms with van der Waals surface area (Å²) in [6, 6.07) is 12.2. The van der Waals surface area contributed by atoms with Crippen molar-refractivity contribution in [2.45, 2.75) is 26.2 Å². The molecule has 1 fully saturated rings. The van der Waals surface area contributed by atoms with Gasteiger partial charge in [-0.25, -0.2) is 4.98 Å². The molecule has 4 rings (SSSR count). The highest BCUT2D eigenvalue weighted by atomic mass is 16.5. The van der Waals surface area contributed by atoms with Crippen LogP contribution >= 0.6 is 0 Å². The lowest BCUT2D eigenvalue weighted by Gasteiger charge is -2.31. The van der Waals surface area contributed by atoms with E-state index in [1.807, 2.05) is 25.1 Å². The van der Waals surface area contributed by atoms with Crippen molar-refractivity contribution in [2.24, 2.45) is 0 Å². The lowest BCUT2D eigenvalue weighted by molar-refractivity contribution is -0.143. The Balaban J connectivity index is 1.55. The summed E-state index contributed by atoms with van der Waals surface area (Å²) >= 11 is 0. The van der Waals surface area contributed by atoms with Gasteiger partial charge in [-0.2, -0.15) is 0 Å². The van der Waals surface area contributed by atoms with Crippen LogP contribution in [-0.2, 0) is 9.53 Å². The van der Waals surface area contributed by atoms with Crippen LogP contribution in [0.25, 0.3) is 5.57 Å². The van der Waals surface area contributed by atoms with Gasteiger partial charge in [-0.1, -0.05) is 23.8 Å². The third kappa shape index (κ3) is 3.74. The zero-order chi connectivity index (χ0) is 18.6. The molecule has 2 aliphatic heterocycles. The number of hydrogen-bond donors (Lipinski definition) is 0. The van der Waals surface area contributed by atoms with E-state index in [9.17, 15) is 4.79 Å². The third-order valence-electron chi connectivity index (χ3n) is 5.15. The lowest BCUT2D eigenvalue weighted by Crippen LogP contribution is -2.33. The number of rotatable bonds is 4. The quantitative estimate of drug-likeness (QED) is 0.654. The van der Waals surface area contributed by atoms with Crippen LogP contribution in [0, 0.1) is 0 Å². The number of fused-ring (bicyclic) bond motifs is 2.